The Balaban J connectivity index is 2.21. The lowest BCUT2D eigenvalue weighted by atomic mass is 10.2. The van der Waals surface area contributed by atoms with Crippen LogP contribution in [0.15, 0.2) is 16.7 Å². The standard InChI is InChI=1S/C10H12N4O2/c1-5-3-7(6(2)16-5)10(15)13-9-8(11)4-12-14-9/h3-4H,11H2,1-2H3,(H2,12,13,14,15). The zero-order valence-corrected chi connectivity index (χ0v) is 9.00. The molecule has 6 nitrogen and oxygen atoms in total. The summed E-state index contributed by atoms with van der Waals surface area (Å²) < 4.78 is 5.27. The average molecular weight is 220 g/mol. The molecule has 0 saturated heterocycles. The summed E-state index contributed by atoms with van der Waals surface area (Å²) in [6, 6.07) is 1.68. The minimum atomic E-state index is -0.273. The van der Waals surface area contributed by atoms with Crippen molar-refractivity contribution in [2.24, 2.45) is 0 Å². The fraction of sp³-hybridized carbons (Fsp3) is 0.200. The SMILES string of the molecule is Cc1cc(C(=O)Nc2[nH]ncc2N)c(C)o1. The Morgan fingerprint density at radius 2 is 2.31 bits per heavy atom. The van der Waals surface area contributed by atoms with Gasteiger partial charge in [0.1, 0.15) is 11.5 Å². The highest BCUT2D eigenvalue weighted by Gasteiger charge is 2.15. The molecule has 0 fully saturated rings. The first-order valence-corrected chi connectivity index (χ1v) is 4.75. The van der Waals surface area contributed by atoms with Crippen molar-refractivity contribution in [2.75, 3.05) is 11.1 Å². The number of rotatable bonds is 2. The number of aromatic nitrogens is 2. The van der Waals surface area contributed by atoms with E-state index in [1.54, 1.807) is 19.9 Å². The van der Waals surface area contributed by atoms with Gasteiger partial charge >= 0.3 is 0 Å². The van der Waals surface area contributed by atoms with Crippen LogP contribution in [0.1, 0.15) is 21.9 Å². The first-order valence-electron chi connectivity index (χ1n) is 4.75. The highest BCUT2D eigenvalue weighted by molar-refractivity contribution is 6.05. The van der Waals surface area contributed by atoms with Crippen LogP contribution in [0.25, 0.3) is 0 Å². The van der Waals surface area contributed by atoms with Crippen LogP contribution in [0, 0.1) is 13.8 Å². The van der Waals surface area contributed by atoms with E-state index in [9.17, 15) is 4.79 Å². The number of nitrogens with one attached hydrogen (secondary N) is 2. The minimum Gasteiger partial charge on any atom is -0.466 e. The second-order valence-electron chi connectivity index (χ2n) is 3.48. The lowest BCUT2D eigenvalue weighted by Gasteiger charge is -2.01. The first-order chi connectivity index (χ1) is 7.58. The Hall–Kier alpha value is -2.24. The number of aromatic amines is 1. The van der Waals surface area contributed by atoms with E-state index in [4.69, 9.17) is 10.2 Å². The molecule has 2 rings (SSSR count). The average Bonchev–Trinajstić information content (AvgIpc) is 2.74. The number of nitrogens with two attached hydrogens (primary N) is 1. The van der Waals surface area contributed by atoms with Crippen LogP contribution in [0.2, 0.25) is 0 Å². The van der Waals surface area contributed by atoms with Crippen molar-refractivity contribution in [3.63, 3.8) is 0 Å². The van der Waals surface area contributed by atoms with Gasteiger partial charge in [-0.3, -0.25) is 9.89 Å². The molecule has 0 aliphatic heterocycles. The van der Waals surface area contributed by atoms with Gasteiger partial charge in [0.15, 0.2) is 5.82 Å². The van der Waals surface area contributed by atoms with Crippen LogP contribution >= 0.6 is 0 Å². The van der Waals surface area contributed by atoms with Gasteiger partial charge in [0.25, 0.3) is 5.91 Å². The maximum absolute atomic E-state index is 11.8. The van der Waals surface area contributed by atoms with Crippen molar-refractivity contribution in [3.8, 4) is 0 Å². The number of nitrogen functional groups attached to an aromatic ring is 1. The molecule has 2 aromatic heterocycles. The number of furan rings is 1. The first kappa shape index (κ1) is 10.3. The van der Waals surface area contributed by atoms with Crippen LogP contribution in [0.5, 0.6) is 0 Å². The van der Waals surface area contributed by atoms with E-state index in [1.807, 2.05) is 0 Å². The maximum atomic E-state index is 11.8. The van der Waals surface area contributed by atoms with Gasteiger partial charge in [-0.2, -0.15) is 5.10 Å². The van der Waals surface area contributed by atoms with Crippen LogP contribution in [-0.2, 0) is 0 Å². The Morgan fingerprint density at radius 3 is 2.81 bits per heavy atom. The Morgan fingerprint density at radius 1 is 1.56 bits per heavy atom. The van der Waals surface area contributed by atoms with E-state index < -0.39 is 0 Å². The molecule has 0 aromatic carbocycles. The summed E-state index contributed by atoms with van der Waals surface area (Å²) in [6.45, 7) is 3.52. The van der Waals surface area contributed by atoms with Gasteiger partial charge in [-0.25, -0.2) is 0 Å². The number of hydrogen-bond donors (Lipinski definition) is 3. The van der Waals surface area contributed by atoms with Crippen molar-refractivity contribution in [3.05, 3.63) is 29.3 Å². The van der Waals surface area contributed by atoms with Crippen LogP contribution in [0.4, 0.5) is 11.5 Å². The lowest BCUT2D eigenvalue weighted by Crippen LogP contribution is -2.13. The van der Waals surface area contributed by atoms with E-state index >= 15 is 0 Å². The predicted octanol–water partition coefficient (Wildman–Crippen LogP) is 1.45. The third-order valence-electron chi connectivity index (χ3n) is 2.19. The second-order valence-corrected chi connectivity index (χ2v) is 3.48. The molecular weight excluding hydrogens is 208 g/mol. The Kier molecular flexibility index (Phi) is 2.40. The molecule has 2 aromatic rings. The number of anilines is 2. The second kappa shape index (κ2) is 3.73. The summed E-state index contributed by atoms with van der Waals surface area (Å²) in [7, 11) is 0. The molecular formula is C10H12N4O2. The largest absolute Gasteiger partial charge is 0.466 e. The van der Waals surface area contributed by atoms with Gasteiger partial charge in [0.05, 0.1) is 17.4 Å². The highest BCUT2D eigenvalue weighted by atomic mass is 16.3. The smallest absolute Gasteiger partial charge is 0.260 e. The quantitative estimate of drug-likeness (QED) is 0.713. The summed E-state index contributed by atoms with van der Waals surface area (Å²) in [6.07, 6.45) is 1.43. The molecule has 16 heavy (non-hydrogen) atoms. The molecule has 0 saturated carbocycles. The van der Waals surface area contributed by atoms with Gasteiger partial charge in [0, 0.05) is 0 Å². The molecule has 0 bridgehead atoms. The fourth-order valence-electron chi connectivity index (χ4n) is 1.43. The van der Waals surface area contributed by atoms with E-state index in [1.165, 1.54) is 6.20 Å². The van der Waals surface area contributed by atoms with Gasteiger partial charge in [-0.05, 0) is 19.9 Å². The number of nitrogens with zero attached hydrogens (tertiary/aromatic N) is 1. The normalized spacial score (nSPS) is 10.4. The molecule has 1 amide bonds. The van der Waals surface area contributed by atoms with Crippen molar-refractivity contribution in [1.29, 1.82) is 0 Å². The number of carbonyl (C=O) groups excluding carboxylic acids is 1. The molecule has 0 aliphatic carbocycles. The molecule has 2 heterocycles. The summed E-state index contributed by atoms with van der Waals surface area (Å²) >= 11 is 0. The molecule has 0 spiro atoms. The molecule has 6 heteroatoms. The molecule has 84 valence electrons. The molecule has 0 unspecified atom stereocenters. The molecule has 0 aliphatic rings. The number of aryl methyl sites for hydroxylation is 2. The van der Waals surface area contributed by atoms with Gasteiger partial charge in [0.2, 0.25) is 0 Å². The van der Waals surface area contributed by atoms with Crippen LogP contribution in [0.3, 0.4) is 0 Å². The van der Waals surface area contributed by atoms with Crippen molar-refractivity contribution < 1.29 is 9.21 Å². The minimum absolute atomic E-state index is 0.273. The predicted molar refractivity (Wildman–Crippen MR) is 59.1 cm³/mol. The molecule has 0 atom stereocenters. The summed E-state index contributed by atoms with van der Waals surface area (Å²) in [4.78, 5) is 11.8. The van der Waals surface area contributed by atoms with Gasteiger partial charge < -0.3 is 15.5 Å². The number of H-pyrrole nitrogens is 1. The summed E-state index contributed by atoms with van der Waals surface area (Å²) in [5.41, 5.74) is 6.47. The number of carbonyl (C=O) groups is 1. The van der Waals surface area contributed by atoms with Gasteiger partial charge in [-0.15, -0.1) is 0 Å². The fourth-order valence-corrected chi connectivity index (χ4v) is 1.43. The third-order valence-corrected chi connectivity index (χ3v) is 2.19. The van der Waals surface area contributed by atoms with E-state index in [0.29, 0.717) is 28.6 Å². The highest BCUT2D eigenvalue weighted by Crippen LogP contribution is 2.17. The zero-order valence-electron chi connectivity index (χ0n) is 9.00. The maximum Gasteiger partial charge on any atom is 0.260 e. The van der Waals surface area contributed by atoms with Crippen LogP contribution in [-0.4, -0.2) is 16.1 Å². The molecule has 0 radical (unpaired) electrons. The number of amides is 1. The lowest BCUT2D eigenvalue weighted by molar-refractivity contribution is 0.102. The molecule has 4 N–H and O–H groups in total. The number of hydrogen-bond acceptors (Lipinski definition) is 4. The van der Waals surface area contributed by atoms with E-state index in [0.717, 1.165) is 0 Å². The summed E-state index contributed by atoms with van der Waals surface area (Å²) in [5, 5.41) is 8.92. The van der Waals surface area contributed by atoms with Crippen LogP contribution < -0.4 is 11.1 Å². The summed E-state index contributed by atoms with van der Waals surface area (Å²) in [5.74, 6) is 1.39. The van der Waals surface area contributed by atoms with E-state index in [-0.39, 0.29) is 5.91 Å². The Labute approximate surface area is 91.8 Å². The van der Waals surface area contributed by atoms with Crippen molar-refractivity contribution in [2.45, 2.75) is 13.8 Å². The van der Waals surface area contributed by atoms with Gasteiger partial charge in [-0.1, -0.05) is 0 Å². The van der Waals surface area contributed by atoms with Crippen molar-refractivity contribution in [1.82, 2.24) is 10.2 Å². The van der Waals surface area contributed by atoms with Crippen molar-refractivity contribution >= 4 is 17.4 Å². The zero-order chi connectivity index (χ0) is 11.7. The Bertz CT molecular complexity index is 527. The topological polar surface area (TPSA) is 96.9 Å². The third kappa shape index (κ3) is 1.77. The van der Waals surface area contributed by atoms with E-state index in [2.05, 4.69) is 15.5 Å². The monoisotopic (exact) mass is 220 g/mol.